The molecular weight excluding hydrogens is 915 g/mol. The monoisotopic (exact) mass is 975 g/mol. The Morgan fingerprint density at radius 1 is 0.833 bits per heavy atom. The predicted octanol–water partition coefficient (Wildman–Crippen LogP) is 11.1. The number of ether oxygens (including phenoxy) is 5. The van der Waals surface area contributed by atoms with Gasteiger partial charge in [0.1, 0.15) is 29.9 Å². The Morgan fingerprint density at radius 2 is 1.54 bits per heavy atom. The van der Waals surface area contributed by atoms with Crippen LogP contribution >= 0.6 is 0 Å². The van der Waals surface area contributed by atoms with E-state index in [1.165, 1.54) is 12.1 Å². The van der Waals surface area contributed by atoms with Gasteiger partial charge in [-0.3, -0.25) is 14.9 Å². The number of amides is 1. The van der Waals surface area contributed by atoms with E-state index in [0.29, 0.717) is 52.9 Å². The van der Waals surface area contributed by atoms with Gasteiger partial charge in [0.05, 0.1) is 23.2 Å². The summed E-state index contributed by atoms with van der Waals surface area (Å²) in [6, 6.07) is 35.4. The van der Waals surface area contributed by atoms with Crippen molar-refractivity contribution in [2.24, 2.45) is 28.8 Å². The number of benzene rings is 5. The lowest BCUT2D eigenvalue weighted by atomic mass is 9.55. The summed E-state index contributed by atoms with van der Waals surface area (Å²) in [5.74, 6) is 0.740. The number of nitrogens with zero attached hydrogens (tertiary/aromatic N) is 3. The zero-order valence-corrected chi connectivity index (χ0v) is 40.3. The second-order valence-electron chi connectivity index (χ2n) is 19.4. The molecule has 6 atom stereocenters. The fourth-order valence-electron chi connectivity index (χ4n) is 11.2. The van der Waals surface area contributed by atoms with Gasteiger partial charge in [0, 0.05) is 55.7 Å². The van der Waals surface area contributed by atoms with Crippen LogP contribution in [-0.4, -0.2) is 70.1 Å². The molecule has 5 aliphatic rings. The van der Waals surface area contributed by atoms with Crippen molar-refractivity contribution < 1.29 is 48.5 Å². The van der Waals surface area contributed by atoms with Crippen molar-refractivity contribution in [3.8, 4) is 39.9 Å². The van der Waals surface area contributed by atoms with Gasteiger partial charge in [-0.05, 0) is 133 Å². The number of nitro benzene ring substituents is 1. The summed E-state index contributed by atoms with van der Waals surface area (Å²) in [7, 11) is 0. The largest absolute Gasteiger partial charge is 0.459 e. The Balaban J connectivity index is 1.12. The van der Waals surface area contributed by atoms with Gasteiger partial charge in [-0.1, -0.05) is 78.7 Å². The van der Waals surface area contributed by atoms with Crippen molar-refractivity contribution in [2.45, 2.75) is 88.7 Å². The molecule has 14 heteroatoms. The lowest BCUT2D eigenvalue weighted by Crippen LogP contribution is -2.70. The maximum absolute atomic E-state index is 15.1. The Morgan fingerprint density at radius 3 is 2.28 bits per heavy atom. The molecule has 0 bridgehead atoms. The summed E-state index contributed by atoms with van der Waals surface area (Å²) in [5, 5.41) is 36.6. The Labute approximate surface area is 419 Å². The fourth-order valence-corrected chi connectivity index (χ4v) is 11.2. The van der Waals surface area contributed by atoms with Gasteiger partial charge < -0.3 is 43.6 Å². The third-order valence-electron chi connectivity index (χ3n) is 14.8. The summed E-state index contributed by atoms with van der Waals surface area (Å²) in [6.45, 7) is 4.73. The smallest absolute Gasteiger partial charge is 0.269 e. The average molecular weight is 976 g/mol. The highest BCUT2D eigenvalue weighted by Gasteiger charge is 2.66. The number of fused-ring (bicyclic) bond motifs is 3. The van der Waals surface area contributed by atoms with E-state index >= 15 is 4.79 Å². The minimum atomic E-state index is -1.46. The van der Waals surface area contributed by atoms with E-state index in [-0.39, 0.29) is 81.5 Å². The highest BCUT2D eigenvalue weighted by molar-refractivity contribution is 6.03. The molecule has 14 nitrogen and oxygen atoms in total. The highest BCUT2D eigenvalue weighted by Crippen LogP contribution is 2.62. The second kappa shape index (κ2) is 21.8. The van der Waals surface area contributed by atoms with Gasteiger partial charge in [0.2, 0.25) is 18.5 Å². The topological polar surface area (TPSA) is 172 Å². The van der Waals surface area contributed by atoms with Crippen LogP contribution in [0, 0.1) is 33.8 Å². The van der Waals surface area contributed by atoms with E-state index < -0.39 is 22.7 Å². The maximum atomic E-state index is 15.1. The molecule has 1 amide bonds. The molecule has 2 saturated carbocycles. The number of carbonyl (C=O) groups is 1. The van der Waals surface area contributed by atoms with Gasteiger partial charge in [-0.15, -0.1) is 6.58 Å². The molecule has 10 rings (SSSR count). The van der Waals surface area contributed by atoms with Gasteiger partial charge in [-0.25, -0.2) is 0 Å². The van der Waals surface area contributed by atoms with Gasteiger partial charge in [-0.2, -0.15) is 0 Å². The first kappa shape index (κ1) is 48.6. The fraction of sp³-hybridized carbons (Fsp3) is 0.379. The lowest BCUT2D eigenvalue weighted by Gasteiger charge is -2.60. The molecule has 2 heterocycles. The van der Waals surface area contributed by atoms with Crippen molar-refractivity contribution in [2.75, 3.05) is 26.6 Å². The number of oxime groups is 1. The Hall–Kier alpha value is -7.00. The average Bonchev–Trinajstić information content (AvgIpc) is 4.16. The van der Waals surface area contributed by atoms with Crippen LogP contribution in [0.15, 0.2) is 145 Å². The van der Waals surface area contributed by atoms with Crippen LogP contribution < -0.4 is 18.9 Å². The zero-order valence-electron chi connectivity index (χ0n) is 40.3. The molecule has 0 radical (unpaired) electrons. The predicted molar refractivity (Wildman–Crippen MR) is 271 cm³/mol. The molecule has 3 aliphatic carbocycles. The number of nitro groups is 1. The number of carbonyl (C=O) groups excluding carboxylic acids is 1. The Bertz CT molecular complexity index is 2790. The summed E-state index contributed by atoms with van der Waals surface area (Å²) < 4.78 is 32.9. The van der Waals surface area contributed by atoms with Crippen LogP contribution in [0.1, 0.15) is 80.4 Å². The SMILES string of the molecule is C=CCOC12Oc3ccc(Oc4ccc(-c5ccccc5)cc4)cc3C3C(CCCCO)C(CCCCO)C=C(C(=NOCc4ccc([N+](=O)[O-])cc4)CC1N(Cc1ccc4c(c1)OCO4)C(=O)C1CC1)C32. The maximum Gasteiger partial charge on any atom is 0.269 e. The highest BCUT2D eigenvalue weighted by atomic mass is 16.7. The summed E-state index contributed by atoms with van der Waals surface area (Å²) >= 11 is 0. The second-order valence-corrected chi connectivity index (χ2v) is 19.4. The van der Waals surface area contributed by atoms with E-state index in [1.54, 1.807) is 18.2 Å². The Kier molecular flexibility index (Phi) is 14.7. The first-order valence-electron chi connectivity index (χ1n) is 25.2. The van der Waals surface area contributed by atoms with E-state index in [0.717, 1.165) is 66.4 Å². The first-order valence-corrected chi connectivity index (χ1v) is 25.2. The molecule has 0 aromatic heterocycles. The molecule has 374 valence electrons. The van der Waals surface area contributed by atoms with Crippen molar-refractivity contribution in [3.63, 3.8) is 0 Å². The van der Waals surface area contributed by atoms with Crippen molar-refractivity contribution in [3.05, 3.63) is 166 Å². The van der Waals surface area contributed by atoms with Crippen LogP contribution in [0.5, 0.6) is 28.7 Å². The number of aliphatic hydroxyl groups is 2. The lowest BCUT2D eigenvalue weighted by molar-refractivity contribution is -0.384. The number of hydrogen-bond donors (Lipinski definition) is 2. The molecule has 2 fully saturated rings. The van der Waals surface area contributed by atoms with E-state index in [9.17, 15) is 20.3 Å². The summed E-state index contributed by atoms with van der Waals surface area (Å²) in [6.07, 6.45) is 10.2. The zero-order chi connectivity index (χ0) is 49.6. The van der Waals surface area contributed by atoms with E-state index in [2.05, 4.69) is 43.0 Å². The first-order chi connectivity index (χ1) is 35.3. The molecule has 2 aliphatic heterocycles. The molecule has 5 aromatic carbocycles. The number of allylic oxidation sites excluding steroid dienone is 1. The number of hydrogen-bond acceptors (Lipinski definition) is 12. The third kappa shape index (κ3) is 10.2. The van der Waals surface area contributed by atoms with Crippen LogP contribution in [0.2, 0.25) is 0 Å². The van der Waals surface area contributed by atoms with Crippen molar-refractivity contribution in [1.29, 1.82) is 0 Å². The quantitative estimate of drug-likeness (QED) is 0.0293. The van der Waals surface area contributed by atoms with E-state index in [4.69, 9.17) is 33.7 Å². The van der Waals surface area contributed by atoms with Gasteiger partial charge in [0.15, 0.2) is 11.5 Å². The molecule has 72 heavy (non-hydrogen) atoms. The van der Waals surface area contributed by atoms with Crippen LogP contribution in [0.3, 0.4) is 0 Å². The molecule has 0 saturated heterocycles. The molecule has 0 spiro atoms. The number of aliphatic hydroxyl groups excluding tert-OH is 2. The van der Waals surface area contributed by atoms with Gasteiger partial charge >= 0.3 is 0 Å². The molecular formula is C58H61N3O11. The molecule has 6 unspecified atom stereocenters. The van der Waals surface area contributed by atoms with Crippen LogP contribution in [0.4, 0.5) is 5.69 Å². The standard InChI is InChI=1S/C58H61N3O11/c1-2-30-69-58-54(60(57(64)42-17-18-42)35-39-16-26-52-53(31-39)68-37-67-52)34-50(59-70-36-38-14-21-44(22-15-38)61(65)66)48-32-43(12-6-8-28-62)47(13-7-9-29-63)55(56(48)58)49-33-46(25-27-51(49)72-58)71-45-23-19-41(20-24-45)40-10-4-3-5-11-40/h2-5,10-11,14-16,19-27,31-33,42-43,47,54-56,62-63H,1,6-9,12-13,17-18,28-30,34-37H2. The molecule has 2 N–H and O–H groups in total. The van der Waals surface area contributed by atoms with Gasteiger partial charge in [0.25, 0.3) is 5.69 Å². The number of non-ortho nitro benzene ring substituents is 1. The van der Waals surface area contributed by atoms with Crippen molar-refractivity contribution >= 4 is 17.3 Å². The third-order valence-corrected chi connectivity index (χ3v) is 14.8. The van der Waals surface area contributed by atoms with Crippen LogP contribution in [-0.2, 0) is 27.5 Å². The normalized spacial score (nSPS) is 23.0. The minimum absolute atomic E-state index is 0.00114. The number of unbranched alkanes of at least 4 members (excludes halogenated alkanes) is 2. The number of rotatable bonds is 22. The van der Waals surface area contributed by atoms with E-state index in [1.807, 2.05) is 65.6 Å². The summed E-state index contributed by atoms with van der Waals surface area (Å²) in [4.78, 5) is 34.3. The minimum Gasteiger partial charge on any atom is -0.459 e. The van der Waals surface area contributed by atoms with Crippen LogP contribution in [0.25, 0.3) is 11.1 Å². The molecule has 5 aromatic rings. The summed E-state index contributed by atoms with van der Waals surface area (Å²) in [5.41, 5.74) is 6.19. The van der Waals surface area contributed by atoms with Crippen molar-refractivity contribution in [1.82, 2.24) is 4.90 Å².